The molecule has 1 N–H and O–H groups in total. The molecule has 1 aromatic carbocycles. The smallest absolute Gasteiger partial charge is 0.418 e. The molecule has 5 nitrogen and oxygen atoms in total. The highest BCUT2D eigenvalue weighted by molar-refractivity contribution is 7.91. The first-order valence-corrected chi connectivity index (χ1v) is 9.57. The Morgan fingerprint density at radius 3 is 2.35 bits per heavy atom. The minimum absolute atomic E-state index is 0.0861. The van der Waals surface area contributed by atoms with E-state index < -0.39 is 44.0 Å². The second kappa shape index (κ2) is 7.63. The number of aliphatic hydroxyl groups excluding tert-OH is 1. The van der Waals surface area contributed by atoms with Crippen molar-refractivity contribution in [3.05, 3.63) is 42.1 Å². The Hall–Kier alpha value is -2.13. The number of hydrogen-bond acceptors (Lipinski definition) is 5. The minimum atomic E-state index is -4.80. The molecule has 26 heavy (non-hydrogen) atoms. The topological polar surface area (TPSA) is 76.5 Å². The van der Waals surface area contributed by atoms with Crippen LogP contribution >= 0.6 is 0 Å². The van der Waals surface area contributed by atoms with E-state index in [1.165, 1.54) is 31.2 Å². The van der Waals surface area contributed by atoms with Gasteiger partial charge in [-0.15, -0.1) is 0 Å². The zero-order chi connectivity index (χ0) is 19.5. The maximum atomic E-state index is 13.5. The van der Waals surface area contributed by atoms with Gasteiger partial charge in [-0.25, -0.2) is 13.4 Å². The predicted molar refractivity (Wildman–Crippen MR) is 89.6 cm³/mol. The standard InChI is InChI=1S/C17H18F3NO4S/c1-11(22)8-9-25-16-15(26(2,23)24)14(12-6-4-3-5-7-12)13(10-21-16)17(18,19)20/h3-7,10-11,22H,8-9H2,1-2H3/t11-/m0/s1. The summed E-state index contributed by atoms with van der Waals surface area (Å²) in [6.07, 6.45) is -3.96. The van der Waals surface area contributed by atoms with Crippen molar-refractivity contribution in [1.82, 2.24) is 4.98 Å². The molecular weight excluding hydrogens is 371 g/mol. The highest BCUT2D eigenvalue weighted by atomic mass is 32.2. The number of halogens is 3. The van der Waals surface area contributed by atoms with Gasteiger partial charge >= 0.3 is 6.18 Å². The van der Waals surface area contributed by atoms with E-state index in [1.807, 2.05) is 0 Å². The van der Waals surface area contributed by atoms with Gasteiger partial charge in [-0.3, -0.25) is 0 Å². The fourth-order valence-electron chi connectivity index (χ4n) is 2.35. The summed E-state index contributed by atoms with van der Waals surface area (Å²) >= 11 is 0. The van der Waals surface area contributed by atoms with Crippen molar-refractivity contribution < 1.29 is 31.4 Å². The maximum absolute atomic E-state index is 13.5. The van der Waals surface area contributed by atoms with E-state index in [0.717, 1.165) is 6.26 Å². The van der Waals surface area contributed by atoms with E-state index in [4.69, 9.17) is 4.74 Å². The quantitative estimate of drug-likeness (QED) is 0.820. The van der Waals surface area contributed by atoms with Crippen molar-refractivity contribution in [2.75, 3.05) is 12.9 Å². The molecule has 2 rings (SSSR count). The van der Waals surface area contributed by atoms with Crippen LogP contribution in [0.5, 0.6) is 5.88 Å². The fraction of sp³-hybridized carbons (Fsp3) is 0.353. The predicted octanol–water partition coefficient (Wildman–Crippen LogP) is 3.32. The summed E-state index contributed by atoms with van der Waals surface area (Å²) in [6.45, 7) is 1.42. The van der Waals surface area contributed by atoms with Gasteiger partial charge in [0, 0.05) is 24.4 Å². The molecule has 0 aliphatic rings. The van der Waals surface area contributed by atoms with E-state index in [-0.39, 0.29) is 18.6 Å². The first-order chi connectivity index (χ1) is 12.0. The number of nitrogens with zero attached hydrogens (tertiary/aromatic N) is 1. The van der Waals surface area contributed by atoms with Crippen LogP contribution < -0.4 is 4.74 Å². The van der Waals surface area contributed by atoms with Gasteiger partial charge in [0.15, 0.2) is 9.84 Å². The molecule has 0 saturated heterocycles. The van der Waals surface area contributed by atoms with Crippen LogP contribution in [0.3, 0.4) is 0 Å². The molecule has 0 fully saturated rings. The van der Waals surface area contributed by atoms with Crippen LogP contribution in [0, 0.1) is 0 Å². The Morgan fingerprint density at radius 1 is 1.23 bits per heavy atom. The van der Waals surface area contributed by atoms with E-state index >= 15 is 0 Å². The number of hydrogen-bond donors (Lipinski definition) is 1. The number of sulfone groups is 1. The molecule has 1 heterocycles. The second-order valence-corrected chi connectivity index (χ2v) is 7.76. The lowest BCUT2D eigenvalue weighted by atomic mass is 10.0. The van der Waals surface area contributed by atoms with E-state index in [2.05, 4.69) is 4.98 Å². The normalized spacial score (nSPS) is 13.5. The molecule has 2 aromatic rings. The van der Waals surface area contributed by atoms with Crippen LogP contribution in [0.1, 0.15) is 18.9 Å². The summed E-state index contributed by atoms with van der Waals surface area (Å²) < 4.78 is 70.3. The van der Waals surface area contributed by atoms with Crippen LogP contribution in [0.4, 0.5) is 13.2 Å². The monoisotopic (exact) mass is 389 g/mol. The third-order valence-electron chi connectivity index (χ3n) is 3.51. The maximum Gasteiger partial charge on any atom is 0.418 e. The lowest BCUT2D eigenvalue weighted by Crippen LogP contribution is -2.15. The average molecular weight is 389 g/mol. The van der Waals surface area contributed by atoms with Gasteiger partial charge in [-0.1, -0.05) is 30.3 Å². The molecule has 0 amide bonds. The minimum Gasteiger partial charge on any atom is -0.477 e. The highest BCUT2D eigenvalue weighted by Crippen LogP contribution is 2.43. The van der Waals surface area contributed by atoms with Crippen molar-refractivity contribution in [2.24, 2.45) is 0 Å². The fourth-order valence-corrected chi connectivity index (χ4v) is 3.38. The second-order valence-electron chi connectivity index (χ2n) is 5.80. The largest absolute Gasteiger partial charge is 0.477 e. The Labute approximate surface area is 149 Å². The number of ether oxygens (including phenoxy) is 1. The van der Waals surface area contributed by atoms with Crippen LogP contribution in [0.15, 0.2) is 41.4 Å². The summed E-state index contributed by atoms with van der Waals surface area (Å²) in [4.78, 5) is 2.97. The number of benzene rings is 1. The lowest BCUT2D eigenvalue weighted by Gasteiger charge is -2.19. The highest BCUT2D eigenvalue weighted by Gasteiger charge is 2.38. The van der Waals surface area contributed by atoms with E-state index in [1.54, 1.807) is 6.07 Å². The molecule has 1 atom stereocenters. The van der Waals surface area contributed by atoms with Crippen LogP contribution in [0.25, 0.3) is 11.1 Å². The van der Waals surface area contributed by atoms with Gasteiger partial charge < -0.3 is 9.84 Å². The van der Waals surface area contributed by atoms with Gasteiger partial charge in [0.1, 0.15) is 4.90 Å². The number of pyridine rings is 1. The summed E-state index contributed by atoms with van der Waals surface area (Å²) in [5.74, 6) is -0.417. The molecule has 0 radical (unpaired) electrons. The summed E-state index contributed by atoms with van der Waals surface area (Å²) in [6, 6.07) is 7.40. The SMILES string of the molecule is C[C@H](O)CCOc1ncc(C(F)(F)F)c(-c2ccccc2)c1S(C)(=O)=O. The number of rotatable bonds is 6. The third kappa shape index (κ3) is 4.73. The Bertz CT molecular complexity index is 866. The molecule has 142 valence electrons. The molecule has 9 heteroatoms. The molecule has 0 unspecified atom stereocenters. The first-order valence-electron chi connectivity index (χ1n) is 7.68. The molecule has 0 aliphatic carbocycles. The van der Waals surface area contributed by atoms with Crippen molar-refractivity contribution in [3.63, 3.8) is 0 Å². The third-order valence-corrected chi connectivity index (χ3v) is 4.63. The summed E-state index contributed by atoms with van der Waals surface area (Å²) in [5, 5.41) is 9.28. The van der Waals surface area contributed by atoms with Gasteiger partial charge in [-0.05, 0) is 12.5 Å². The van der Waals surface area contributed by atoms with Crippen LogP contribution in [-0.2, 0) is 16.0 Å². The summed E-state index contributed by atoms with van der Waals surface area (Å²) in [5.41, 5.74) is -1.57. The molecular formula is C17H18F3NO4S. The Morgan fingerprint density at radius 2 is 1.85 bits per heavy atom. The first kappa shape index (κ1) is 20.2. The van der Waals surface area contributed by atoms with Gasteiger partial charge in [0.25, 0.3) is 0 Å². The molecule has 0 spiro atoms. The van der Waals surface area contributed by atoms with Crippen molar-refractivity contribution >= 4 is 9.84 Å². The molecule has 0 aliphatic heterocycles. The average Bonchev–Trinajstić information content (AvgIpc) is 2.52. The molecule has 1 aromatic heterocycles. The van der Waals surface area contributed by atoms with Gasteiger partial charge in [-0.2, -0.15) is 13.2 Å². The van der Waals surface area contributed by atoms with Crippen molar-refractivity contribution in [1.29, 1.82) is 0 Å². The molecule has 0 saturated carbocycles. The van der Waals surface area contributed by atoms with Gasteiger partial charge in [0.2, 0.25) is 5.88 Å². The van der Waals surface area contributed by atoms with Crippen LogP contribution in [-0.4, -0.2) is 37.5 Å². The lowest BCUT2D eigenvalue weighted by molar-refractivity contribution is -0.137. The number of aromatic nitrogens is 1. The molecule has 0 bridgehead atoms. The summed E-state index contributed by atoms with van der Waals surface area (Å²) in [7, 11) is -4.10. The van der Waals surface area contributed by atoms with Gasteiger partial charge in [0.05, 0.1) is 18.3 Å². The van der Waals surface area contributed by atoms with E-state index in [9.17, 15) is 26.7 Å². The van der Waals surface area contributed by atoms with Crippen molar-refractivity contribution in [2.45, 2.75) is 30.5 Å². The Kier molecular flexibility index (Phi) is 5.92. The zero-order valence-electron chi connectivity index (χ0n) is 14.1. The van der Waals surface area contributed by atoms with Crippen LogP contribution in [0.2, 0.25) is 0 Å². The Balaban J connectivity index is 2.74. The van der Waals surface area contributed by atoms with E-state index in [0.29, 0.717) is 6.20 Å². The zero-order valence-corrected chi connectivity index (χ0v) is 14.9. The van der Waals surface area contributed by atoms with Crippen molar-refractivity contribution in [3.8, 4) is 17.0 Å². The number of alkyl halides is 3. The number of aliphatic hydroxyl groups is 1.